The summed E-state index contributed by atoms with van der Waals surface area (Å²) in [6.45, 7) is 12.0. The van der Waals surface area contributed by atoms with Gasteiger partial charge in [0.2, 0.25) is 0 Å². The first kappa shape index (κ1) is 20.9. The van der Waals surface area contributed by atoms with Gasteiger partial charge in [-0.25, -0.2) is 0 Å². The number of piperazine rings is 1. The molecule has 7 heteroatoms. The SMILES string of the molecule is CN=C(NCC(C)(C)c1ccccc1Br)N1CCN(Cc2cc(C)on2)CC1. The molecule has 28 heavy (non-hydrogen) atoms. The number of rotatable bonds is 5. The predicted octanol–water partition coefficient (Wildman–Crippen LogP) is 3.42. The Labute approximate surface area is 176 Å². The smallest absolute Gasteiger partial charge is 0.193 e. The van der Waals surface area contributed by atoms with Crippen molar-refractivity contribution in [3.63, 3.8) is 0 Å². The maximum absolute atomic E-state index is 5.17. The molecule has 1 aliphatic heterocycles. The van der Waals surface area contributed by atoms with Gasteiger partial charge in [0, 0.05) is 62.3 Å². The maximum atomic E-state index is 5.17. The van der Waals surface area contributed by atoms with Crippen LogP contribution in [0.25, 0.3) is 0 Å². The van der Waals surface area contributed by atoms with Gasteiger partial charge in [0.25, 0.3) is 0 Å². The van der Waals surface area contributed by atoms with Crippen LogP contribution in [-0.4, -0.2) is 60.7 Å². The van der Waals surface area contributed by atoms with Crippen LogP contribution in [0, 0.1) is 6.92 Å². The van der Waals surface area contributed by atoms with Gasteiger partial charge in [-0.3, -0.25) is 9.89 Å². The van der Waals surface area contributed by atoms with Crippen molar-refractivity contribution in [3.8, 4) is 0 Å². The molecule has 0 saturated carbocycles. The lowest BCUT2D eigenvalue weighted by atomic mass is 9.84. The van der Waals surface area contributed by atoms with Crippen LogP contribution in [0.4, 0.5) is 0 Å². The van der Waals surface area contributed by atoms with E-state index in [1.807, 2.05) is 20.0 Å². The minimum absolute atomic E-state index is 0.0112. The number of hydrogen-bond donors (Lipinski definition) is 1. The monoisotopic (exact) mass is 447 g/mol. The average Bonchev–Trinajstić information content (AvgIpc) is 3.08. The van der Waals surface area contributed by atoms with E-state index in [-0.39, 0.29) is 5.41 Å². The Morgan fingerprint density at radius 3 is 2.57 bits per heavy atom. The molecule has 0 unspecified atom stereocenters. The molecule has 1 saturated heterocycles. The highest BCUT2D eigenvalue weighted by Gasteiger charge is 2.25. The Morgan fingerprint density at radius 1 is 1.25 bits per heavy atom. The van der Waals surface area contributed by atoms with Crippen molar-refractivity contribution in [3.05, 3.63) is 51.8 Å². The number of aromatic nitrogens is 1. The summed E-state index contributed by atoms with van der Waals surface area (Å²) < 4.78 is 6.32. The van der Waals surface area contributed by atoms with Gasteiger partial charge in [0.05, 0.1) is 5.69 Å². The Morgan fingerprint density at radius 2 is 1.96 bits per heavy atom. The standard InChI is InChI=1S/C21H30BrN5O/c1-16-13-17(25-28-16)14-26-9-11-27(12-10-26)20(23-4)24-15-21(2,3)18-7-5-6-8-19(18)22/h5-8,13H,9-12,14-15H2,1-4H3,(H,23,24). The first-order valence-electron chi connectivity index (χ1n) is 9.74. The zero-order valence-electron chi connectivity index (χ0n) is 17.2. The number of halogens is 1. The Balaban J connectivity index is 1.53. The Kier molecular flexibility index (Phi) is 6.78. The number of nitrogens with zero attached hydrogens (tertiary/aromatic N) is 4. The molecule has 0 aliphatic carbocycles. The molecule has 3 rings (SSSR count). The largest absolute Gasteiger partial charge is 0.361 e. The second kappa shape index (κ2) is 9.09. The third kappa shape index (κ3) is 5.14. The van der Waals surface area contributed by atoms with Crippen LogP contribution in [0.1, 0.15) is 30.9 Å². The van der Waals surface area contributed by atoms with E-state index >= 15 is 0 Å². The second-order valence-electron chi connectivity index (χ2n) is 7.96. The van der Waals surface area contributed by atoms with Gasteiger partial charge in [-0.15, -0.1) is 0 Å². The summed E-state index contributed by atoms with van der Waals surface area (Å²) in [6.07, 6.45) is 0. The quantitative estimate of drug-likeness (QED) is 0.561. The highest BCUT2D eigenvalue weighted by atomic mass is 79.9. The van der Waals surface area contributed by atoms with Crippen molar-refractivity contribution >= 4 is 21.9 Å². The van der Waals surface area contributed by atoms with Crippen LogP contribution in [0.5, 0.6) is 0 Å². The van der Waals surface area contributed by atoms with Gasteiger partial charge < -0.3 is 14.7 Å². The fraction of sp³-hybridized carbons (Fsp3) is 0.524. The van der Waals surface area contributed by atoms with E-state index in [0.717, 1.165) is 61.2 Å². The molecular weight excluding hydrogens is 418 g/mol. The normalized spacial score (nSPS) is 16.5. The molecule has 0 atom stereocenters. The summed E-state index contributed by atoms with van der Waals surface area (Å²) >= 11 is 3.68. The molecule has 0 bridgehead atoms. The lowest BCUT2D eigenvalue weighted by molar-refractivity contribution is 0.168. The first-order valence-corrected chi connectivity index (χ1v) is 10.5. The summed E-state index contributed by atoms with van der Waals surface area (Å²) in [7, 11) is 1.86. The van der Waals surface area contributed by atoms with Gasteiger partial charge in [0.1, 0.15) is 5.76 Å². The van der Waals surface area contributed by atoms with Gasteiger partial charge in [-0.2, -0.15) is 0 Å². The molecule has 6 nitrogen and oxygen atoms in total. The molecule has 1 aliphatic rings. The highest BCUT2D eigenvalue weighted by molar-refractivity contribution is 9.10. The van der Waals surface area contributed by atoms with Crippen LogP contribution in [0.3, 0.4) is 0 Å². The maximum Gasteiger partial charge on any atom is 0.193 e. The molecule has 1 aromatic heterocycles. The zero-order chi connectivity index (χ0) is 20.1. The van der Waals surface area contributed by atoms with Crippen molar-refractivity contribution in [1.29, 1.82) is 0 Å². The summed E-state index contributed by atoms with van der Waals surface area (Å²) in [5.74, 6) is 1.84. The van der Waals surface area contributed by atoms with Crippen LogP contribution in [0.15, 0.2) is 44.3 Å². The molecule has 2 heterocycles. The number of aliphatic imine (C=N–C) groups is 1. The van der Waals surface area contributed by atoms with Crippen LogP contribution < -0.4 is 5.32 Å². The van der Waals surface area contributed by atoms with Gasteiger partial charge in [-0.05, 0) is 18.6 Å². The van der Waals surface area contributed by atoms with Crippen molar-refractivity contribution < 1.29 is 4.52 Å². The fourth-order valence-electron chi connectivity index (χ4n) is 3.58. The topological polar surface area (TPSA) is 56.9 Å². The third-order valence-electron chi connectivity index (χ3n) is 5.24. The van der Waals surface area contributed by atoms with Crippen molar-refractivity contribution in [2.45, 2.75) is 32.7 Å². The van der Waals surface area contributed by atoms with Crippen molar-refractivity contribution in [2.75, 3.05) is 39.8 Å². The fourth-order valence-corrected chi connectivity index (χ4v) is 4.40. The summed E-state index contributed by atoms with van der Waals surface area (Å²) in [6, 6.07) is 10.4. The number of benzene rings is 1. The minimum Gasteiger partial charge on any atom is -0.361 e. The van der Waals surface area contributed by atoms with E-state index in [1.54, 1.807) is 0 Å². The number of guanidine groups is 1. The van der Waals surface area contributed by atoms with Crippen LogP contribution in [0.2, 0.25) is 0 Å². The molecule has 1 aromatic carbocycles. The molecule has 2 aromatic rings. The molecule has 0 spiro atoms. The highest BCUT2D eigenvalue weighted by Crippen LogP contribution is 2.29. The van der Waals surface area contributed by atoms with E-state index in [0.29, 0.717) is 0 Å². The second-order valence-corrected chi connectivity index (χ2v) is 8.81. The average molecular weight is 448 g/mol. The minimum atomic E-state index is -0.0112. The molecule has 1 N–H and O–H groups in total. The first-order chi connectivity index (χ1) is 13.4. The van der Waals surface area contributed by atoms with Crippen molar-refractivity contribution in [1.82, 2.24) is 20.3 Å². The predicted molar refractivity (Wildman–Crippen MR) is 117 cm³/mol. The van der Waals surface area contributed by atoms with Crippen LogP contribution in [-0.2, 0) is 12.0 Å². The molecule has 0 radical (unpaired) electrons. The van der Waals surface area contributed by atoms with Gasteiger partial charge in [0.15, 0.2) is 5.96 Å². The molecule has 152 valence electrons. The Hall–Kier alpha value is -1.86. The number of nitrogens with one attached hydrogen (secondary N) is 1. The summed E-state index contributed by atoms with van der Waals surface area (Å²) in [4.78, 5) is 9.26. The zero-order valence-corrected chi connectivity index (χ0v) is 18.8. The number of aryl methyl sites for hydroxylation is 1. The van der Waals surface area contributed by atoms with E-state index in [4.69, 9.17) is 4.52 Å². The molecular formula is C21H30BrN5O. The van der Waals surface area contributed by atoms with E-state index in [9.17, 15) is 0 Å². The molecule has 1 fully saturated rings. The van der Waals surface area contributed by atoms with Crippen LogP contribution >= 0.6 is 15.9 Å². The third-order valence-corrected chi connectivity index (χ3v) is 5.93. The van der Waals surface area contributed by atoms with Gasteiger partial charge in [-0.1, -0.05) is 53.1 Å². The Bertz CT molecular complexity index is 809. The van der Waals surface area contributed by atoms with E-state index in [1.165, 1.54) is 5.56 Å². The lowest BCUT2D eigenvalue weighted by Gasteiger charge is -2.37. The lowest BCUT2D eigenvalue weighted by Crippen LogP contribution is -2.53. The van der Waals surface area contributed by atoms with Crippen molar-refractivity contribution in [2.24, 2.45) is 4.99 Å². The van der Waals surface area contributed by atoms with E-state index in [2.05, 4.69) is 79.3 Å². The van der Waals surface area contributed by atoms with E-state index < -0.39 is 0 Å². The summed E-state index contributed by atoms with van der Waals surface area (Å²) in [5, 5.41) is 7.68. The summed E-state index contributed by atoms with van der Waals surface area (Å²) in [5.41, 5.74) is 2.29. The number of hydrogen-bond acceptors (Lipinski definition) is 4. The van der Waals surface area contributed by atoms with Gasteiger partial charge >= 0.3 is 0 Å². The molecule has 0 amide bonds.